The summed E-state index contributed by atoms with van der Waals surface area (Å²) in [5.41, 5.74) is -0.315. The zero-order valence-electron chi connectivity index (χ0n) is 13.0. The third kappa shape index (κ3) is 4.03. The number of carbonyl (C=O) groups is 2. The van der Waals surface area contributed by atoms with Crippen molar-refractivity contribution in [3.05, 3.63) is 23.8 Å². The van der Waals surface area contributed by atoms with Gasteiger partial charge in [0.25, 0.3) is 0 Å². The summed E-state index contributed by atoms with van der Waals surface area (Å²) >= 11 is 0. The van der Waals surface area contributed by atoms with Crippen molar-refractivity contribution in [1.29, 1.82) is 0 Å². The number of rotatable bonds is 4. The number of amides is 1. The number of methoxy groups -OCH3 is 1. The Kier molecular flexibility index (Phi) is 5.24. The second kappa shape index (κ2) is 6.55. The van der Waals surface area contributed by atoms with E-state index in [1.54, 1.807) is 20.8 Å². The van der Waals surface area contributed by atoms with Crippen LogP contribution in [0.5, 0.6) is 11.5 Å². The van der Waals surface area contributed by atoms with Crippen molar-refractivity contribution < 1.29 is 29.6 Å². The minimum atomic E-state index is -1.24. The molecule has 7 nitrogen and oxygen atoms in total. The Morgan fingerprint density at radius 2 is 1.82 bits per heavy atom. The third-order valence-corrected chi connectivity index (χ3v) is 3.18. The molecule has 22 heavy (non-hydrogen) atoms. The average Bonchev–Trinajstić information content (AvgIpc) is 2.39. The topological polar surface area (TPSA) is 107 Å². The molecule has 1 aromatic carbocycles. The van der Waals surface area contributed by atoms with Gasteiger partial charge in [0, 0.05) is 12.0 Å². The summed E-state index contributed by atoms with van der Waals surface area (Å²) < 4.78 is 4.71. The fourth-order valence-electron chi connectivity index (χ4n) is 2.22. The monoisotopic (exact) mass is 311 g/mol. The minimum Gasteiger partial charge on any atom is -0.504 e. The van der Waals surface area contributed by atoms with Crippen molar-refractivity contribution in [3.8, 4) is 11.5 Å². The van der Waals surface area contributed by atoms with E-state index >= 15 is 0 Å². The number of carboxylic acid groups (broad SMARTS) is 1. The summed E-state index contributed by atoms with van der Waals surface area (Å²) in [6.45, 7) is 5.02. The molecule has 1 atom stereocenters. The molecule has 0 saturated carbocycles. The first kappa shape index (κ1) is 17.6. The van der Waals surface area contributed by atoms with Crippen LogP contribution in [0.15, 0.2) is 18.2 Å². The molecule has 0 aliphatic carbocycles. The maximum atomic E-state index is 12.0. The van der Waals surface area contributed by atoms with Crippen molar-refractivity contribution in [1.82, 2.24) is 4.90 Å². The predicted molar refractivity (Wildman–Crippen MR) is 78.9 cm³/mol. The molecule has 0 saturated heterocycles. The average molecular weight is 311 g/mol. The van der Waals surface area contributed by atoms with E-state index in [-0.39, 0.29) is 17.9 Å². The normalized spacial score (nSPS) is 12.5. The Morgan fingerprint density at radius 1 is 1.23 bits per heavy atom. The first-order chi connectivity index (χ1) is 10.1. The molecular weight excluding hydrogens is 290 g/mol. The zero-order valence-corrected chi connectivity index (χ0v) is 13.0. The van der Waals surface area contributed by atoms with E-state index in [2.05, 4.69) is 0 Å². The second-order valence-corrected chi connectivity index (χ2v) is 5.89. The van der Waals surface area contributed by atoms with E-state index in [9.17, 15) is 24.9 Å². The van der Waals surface area contributed by atoms with Crippen molar-refractivity contribution in [3.63, 3.8) is 0 Å². The van der Waals surface area contributed by atoms with Gasteiger partial charge in [-0.1, -0.05) is 6.07 Å². The summed E-state index contributed by atoms with van der Waals surface area (Å²) in [4.78, 5) is 24.6. The summed E-state index contributed by atoms with van der Waals surface area (Å²) in [6.07, 6.45) is -1.23. The van der Waals surface area contributed by atoms with Crippen LogP contribution in [0, 0.1) is 0 Å². The fraction of sp³-hybridized carbons (Fsp3) is 0.467. The number of hydrogen-bond donors (Lipinski definition) is 3. The van der Waals surface area contributed by atoms with E-state index in [1.807, 2.05) is 0 Å². The van der Waals surface area contributed by atoms with Gasteiger partial charge in [-0.3, -0.25) is 4.90 Å². The molecule has 1 unspecified atom stereocenters. The summed E-state index contributed by atoms with van der Waals surface area (Å²) in [5.74, 6) is -1.31. The van der Waals surface area contributed by atoms with Crippen LogP contribution in [0.4, 0.5) is 4.79 Å². The maximum Gasteiger partial charge on any atom is 0.408 e. The number of benzene rings is 1. The summed E-state index contributed by atoms with van der Waals surface area (Å²) in [7, 11) is 1.19. The molecule has 0 spiro atoms. The van der Waals surface area contributed by atoms with E-state index < -0.39 is 23.6 Å². The number of phenols is 2. The number of aromatic hydroxyl groups is 2. The van der Waals surface area contributed by atoms with Gasteiger partial charge in [0.15, 0.2) is 11.5 Å². The van der Waals surface area contributed by atoms with E-state index in [0.717, 1.165) is 4.90 Å². The maximum absolute atomic E-state index is 12.0. The number of carbonyl (C=O) groups excluding carboxylic acids is 1. The first-order valence-electron chi connectivity index (χ1n) is 6.69. The molecule has 0 bridgehead atoms. The second-order valence-electron chi connectivity index (χ2n) is 5.89. The summed E-state index contributed by atoms with van der Waals surface area (Å²) in [6, 6.07) is 3.01. The minimum absolute atomic E-state index is 0.0179. The predicted octanol–water partition coefficient (Wildman–Crippen LogP) is 1.96. The highest BCUT2D eigenvalue weighted by atomic mass is 16.5. The van der Waals surface area contributed by atoms with Crippen molar-refractivity contribution in [2.75, 3.05) is 7.11 Å². The molecule has 1 amide bonds. The van der Waals surface area contributed by atoms with Crippen molar-refractivity contribution in [2.24, 2.45) is 0 Å². The van der Waals surface area contributed by atoms with E-state index in [0.29, 0.717) is 5.56 Å². The molecule has 0 aliphatic heterocycles. The lowest BCUT2D eigenvalue weighted by Gasteiger charge is -2.38. The van der Waals surface area contributed by atoms with Crippen LogP contribution in [-0.4, -0.2) is 51.0 Å². The van der Waals surface area contributed by atoms with Gasteiger partial charge in [-0.05, 0) is 38.5 Å². The molecule has 0 aliphatic rings. The molecule has 0 aromatic heterocycles. The van der Waals surface area contributed by atoms with Gasteiger partial charge < -0.3 is 20.1 Å². The largest absolute Gasteiger partial charge is 0.504 e. The molecule has 3 N–H and O–H groups in total. The molecular formula is C15H21NO6. The molecule has 0 radical (unpaired) electrons. The van der Waals surface area contributed by atoms with Gasteiger partial charge in [0.2, 0.25) is 0 Å². The van der Waals surface area contributed by atoms with Crippen molar-refractivity contribution in [2.45, 2.75) is 38.8 Å². The Bertz CT molecular complexity index is 564. The number of hydrogen-bond acceptors (Lipinski definition) is 5. The molecule has 7 heteroatoms. The van der Waals surface area contributed by atoms with Crippen molar-refractivity contribution >= 4 is 12.1 Å². The van der Waals surface area contributed by atoms with Crippen LogP contribution in [0.3, 0.4) is 0 Å². The highest BCUT2D eigenvalue weighted by Crippen LogP contribution is 2.27. The van der Waals surface area contributed by atoms with Crippen LogP contribution < -0.4 is 0 Å². The summed E-state index contributed by atoms with van der Waals surface area (Å²) in [5, 5.41) is 28.3. The van der Waals surface area contributed by atoms with Gasteiger partial charge >= 0.3 is 12.1 Å². The van der Waals surface area contributed by atoms with Gasteiger partial charge in [-0.25, -0.2) is 9.59 Å². The fourth-order valence-corrected chi connectivity index (χ4v) is 2.22. The van der Waals surface area contributed by atoms with Gasteiger partial charge in [-0.2, -0.15) is 0 Å². The van der Waals surface area contributed by atoms with Gasteiger partial charge in [-0.15, -0.1) is 0 Å². The van der Waals surface area contributed by atoms with Crippen LogP contribution in [0.1, 0.15) is 26.3 Å². The standard InChI is InChI=1S/C15H21NO6/c1-15(2,3)16(14(20)21)10(13(19)22-4)7-9-5-6-11(17)12(18)8-9/h5-6,8,10,17-18H,7H2,1-4H3,(H,20,21). The highest BCUT2D eigenvalue weighted by molar-refractivity contribution is 5.81. The van der Waals surface area contributed by atoms with E-state index in [4.69, 9.17) is 4.74 Å². The SMILES string of the molecule is COC(=O)C(Cc1ccc(O)c(O)c1)N(C(=O)O)C(C)(C)C. The number of ether oxygens (including phenoxy) is 1. The molecule has 0 fully saturated rings. The van der Waals surface area contributed by atoms with Crippen LogP contribution in [0.2, 0.25) is 0 Å². The van der Waals surface area contributed by atoms with Crippen LogP contribution >= 0.6 is 0 Å². The Hall–Kier alpha value is -2.44. The zero-order chi connectivity index (χ0) is 17.1. The Balaban J connectivity index is 3.19. The highest BCUT2D eigenvalue weighted by Gasteiger charge is 2.38. The molecule has 1 rings (SSSR count). The van der Waals surface area contributed by atoms with Crippen LogP contribution in [-0.2, 0) is 16.0 Å². The molecule has 122 valence electrons. The number of esters is 1. The first-order valence-corrected chi connectivity index (χ1v) is 6.69. The lowest BCUT2D eigenvalue weighted by Crippen LogP contribution is -2.55. The van der Waals surface area contributed by atoms with Crippen LogP contribution in [0.25, 0.3) is 0 Å². The number of phenolic OH excluding ortho intramolecular Hbond substituents is 2. The Labute approximate surface area is 128 Å². The lowest BCUT2D eigenvalue weighted by atomic mass is 9.98. The van der Waals surface area contributed by atoms with E-state index in [1.165, 1.54) is 25.3 Å². The molecule has 1 aromatic rings. The quantitative estimate of drug-likeness (QED) is 0.579. The lowest BCUT2D eigenvalue weighted by molar-refractivity contribution is -0.148. The molecule has 0 heterocycles. The van der Waals surface area contributed by atoms with Gasteiger partial charge in [0.05, 0.1) is 7.11 Å². The smallest absolute Gasteiger partial charge is 0.408 e. The Morgan fingerprint density at radius 3 is 2.23 bits per heavy atom. The number of nitrogens with zero attached hydrogens (tertiary/aromatic N) is 1. The third-order valence-electron chi connectivity index (χ3n) is 3.18. The van der Waals surface area contributed by atoms with Gasteiger partial charge in [0.1, 0.15) is 6.04 Å².